The first-order chi connectivity index (χ1) is 10.4. The molecule has 0 heterocycles. The van der Waals surface area contributed by atoms with Crippen molar-refractivity contribution in [1.29, 1.82) is 0 Å². The molecule has 0 spiro atoms. The second-order valence-electron chi connectivity index (χ2n) is 4.89. The second-order valence-corrected chi connectivity index (χ2v) is 4.89. The van der Waals surface area contributed by atoms with Crippen LogP contribution in [0.4, 0.5) is 0 Å². The SMILES string of the molecule is COC(=O)[C@H](O)[C@@H](O)[C@H](O)[C@H](O)C(=O)NCCCCCCN. The number of nitrogens with two attached hydrogens (primary N) is 1. The Hall–Kier alpha value is -1.26. The van der Waals surface area contributed by atoms with Gasteiger partial charge < -0.3 is 36.2 Å². The first kappa shape index (κ1) is 20.7. The number of aliphatic hydroxyl groups is 4. The number of methoxy groups -OCH3 is 1. The minimum Gasteiger partial charge on any atom is -0.467 e. The van der Waals surface area contributed by atoms with Gasteiger partial charge in [-0.3, -0.25) is 4.79 Å². The first-order valence-electron chi connectivity index (χ1n) is 7.14. The van der Waals surface area contributed by atoms with E-state index in [1.807, 2.05) is 0 Å². The number of hydrogen-bond donors (Lipinski definition) is 6. The lowest BCUT2D eigenvalue weighted by Crippen LogP contribution is -2.52. The van der Waals surface area contributed by atoms with Gasteiger partial charge in [0, 0.05) is 6.54 Å². The molecule has 4 atom stereocenters. The molecule has 0 aromatic rings. The Morgan fingerprint density at radius 1 is 1.00 bits per heavy atom. The van der Waals surface area contributed by atoms with Crippen molar-refractivity contribution in [3.8, 4) is 0 Å². The third-order valence-electron chi connectivity index (χ3n) is 3.14. The van der Waals surface area contributed by atoms with Crippen LogP contribution in [-0.4, -0.2) is 76.9 Å². The van der Waals surface area contributed by atoms with Crippen LogP contribution in [0.3, 0.4) is 0 Å². The lowest BCUT2D eigenvalue weighted by molar-refractivity contribution is -0.169. The molecule has 0 radical (unpaired) electrons. The van der Waals surface area contributed by atoms with E-state index in [2.05, 4.69) is 10.1 Å². The first-order valence-corrected chi connectivity index (χ1v) is 7.14. The summed E-state index contributed by atoms with van der Waals surface area (Å²) in [5, 5.41) is 40.5. The van der Waals surface area contributed by atoms with E-state index in [0.717, 1.165) is 26.4 Å². The maximum Gasteiger partial charge on any atom is 0.337 e. The molecule has 0 rings (SSSR count). The van der Waals surface area contributed by atoms with Crippen LogP contribution in [0.5, 0.6) is 0 Å². The van der Waals surface area contributed by atoms with Gasteiger partial charge in [0.05, 0.1) is 7.11 Å². The van der Waals surface area contributed by atoms with E-state index in [9.17, 15) is 30.0 Å². The Bertz CT molecular complexity index is 340. The number of ether oxygens (including phenoxy) is 1. The molecule has 0 aromatic heterocycles. The molecule has 0 bridgehead atoms. The highest BCUT2D eigenvalue weighted by atomic mass is 16.5. The maximum atomic E-state index is 11.6. The van der Waals surface area contributed by atoms with Crippen LogP contribution >= 0.6 is 0 Å². The Morgan fingerprint density at radius 2 is 1.55 bits per heavy atom. The van der Waals surface area contributed by atoms with Crippen molar-refractivity contribution in [2.75, 3.05) is 20.2 Å². The number of unbranched alkanes of at least 4 members (excludes halogenated alkanes) is 3. The number of rotatable bonds is 11. The number of carbonyl (C=O) groups excluding carboxylic acids is 2. The molecule has 130 valence electrons. The fourth-order valence-corrected chi connectivity index (χ4v) is 1.73. The van der Waals surface area contributed by atoms with Gasteiger partial charge in [-0.05, 0) is 19.4 Å². The highest BCUT2D eigenvalue weighted by Crippen LogP contribution is 2.07. The van der Waals surface area contributed by atoms with E-state index >= 15 is 0 Å². The number of amides is 1. The van der Waals surface area contributed by atoms with Crippen LogP contribution in [0, 0.1) is 0 Å². The van der Waals surface area contributed by atoms with Gasteiger partial charge in [0.2, 0.25) is 0 Å². The molecule has 9 heteroatoms. The Kier molecular flexibility index (Phi) is 10.7. The molecule has 0 aliphatic carbocycles. The largest absolute Gasteiger partial charge is 0.467 e. The summed E-state index contributed by atoms with van der Waals surface area (Å²) in [5.74, 6) is -2.08. The average molecular weight is 322 g/mol. The van der Waals surface area contributed by atoms with Crippen molar-refractivity contribution in [2.45, 2.75) is 50.1 Å². The lowest BCUT2D eigenvalue weighted by Gasteiger charge is -2.24. The standard InChI is InChI=1S/C13H26N2O7/c1-22-13(21)11(19)9(17)8(16)10(18)12(20)15-7-5-3-2-4-6-14/h8-11,16-19H,2-7,14H2,1H3,(H,15,20)/t8-,9-,10-,11+/m0/s1. The quantitative estimate of drug-likeness (QED) is 0.176. The molecule has 22 heavy (non-hydrogen) atoms. The zero-order valence-corrected chi connectivity index (χ0v) is 12.6. The zero-order valence-electron chi connectivity index (χ0n) is 12.6. The van der Waals surface area contributed by atoms with E-state index < -0.39 is 36.3 Å². The molecule has 9 nitrogen and oxygen atoms in total. The minimum absolute atomic E-state index is 0.294. The summed E-state index contributed by atoms with van der Waals surface area (Å²) in [6.07, 6.45) is -4.72. The van der Waals surface area contributed by atoms with Gasteiger partial charge in [-0.25, -0.2) is 4.79 Å². The topological polar surface area (TPSA) is 162 Å². The van der Waals surface area contributed by atoms with Crippen LogP contribution < -0.4 is 11.1 Å². The number of nitrogens with one attached hydrogen (secondary N) is 1. The monoisotopic (exact) mass is 322 g/mol. The smallest absolute Gasteiger partial charge is 0.337 e. The normalized spacial score (nSPS) is 16.5. The van der Waals surface area contributed by atoms with Gasteiger partial charge in [0.15, 0.2) is 12.2 Å². The Balaban J connectivity index is 4.17. The Morgan fingerprint density at radius 3 is 2.09 bits per heavy atom. The predicted molar refractivity (Wildman–Crippen MR) is 76.6 cm³/mol. The molecule has 0 fully saturated rings. The average Bonchev–Trinajstić information content (AvgIpc) is 2.54. The molecule has 1 amide bonds. The summed E-state index contributed by atoms with van der Waals surface area (Å²) < 4.78 is 4.18. The van der Waals surface area contributed by atoms with Crippen molar-refractivity contribution in [3.63, 3.8) is 0 Å². The molecule has 7 N–H and O–H groups in total. The summed E-state index contributed by atoms with van der Waals surface area (Å²) in [5.41, 5.74) is 5.34. The van der Waals surface area contributed by atoms with Crippen LogP contribution in [0.2, 0.25) is 0 Å². The van der Waals surface area contributed by atoms with Crippen molar-refractivity contribution in [1.82, 2.24) is 5.32 Å². The Labute approximate surface area is 129 Å². The molecular formula is C13H26N2O7. The van der Waals surface area contributed by atoms with Crippen molar-refractivity contribution < 1.29 is 34.8 Å². The second kappa shape index (κ2) is 11.3. The van der Waals surface area contributed by atoms with Crippen LogP contribution in [0.15, 0.2) is 0 Å². The molecule has 0 aromatic carbocycles. The van der Waals surface area contributed by atoms with E-state index in [-0.39, 0.29) is 0 Å². The molecule has 0 unspecified atom stereocenters. The molecular weight excluding hydrogens is 296 g/mol. The summed E-state index contributed by atoms with van der Waals surface area (Å²) in [6.45, 7) is 0.903. The molecule has 0 saturated heterocycles. The zero-order chi connectivity index (χ0) is 17.1. The molecule has 0 saturated carbocycles. The van der Waals surface area contributed by atoms with Crippen molar-refractivity contribution in [3.05, 3.63) is 0 Å². The third kappa shape index (κ3) is 7.14. The van der Waals surface area contributed by atoms with Gasteiger partial charge in [0.25, 0.3) is 5.91 Å². The summed E-state index contributed by atoms with van der Waals surface area (Å²) in [7, 11) is 0.985. The van der Waals surface area contributed by atoms with Crippen molar-refractivity contribution >= 4 is 11.9 Å². The van der Waals surface area contributed by atoms with Crippen LogP contribution in [0.25, 0.3) is 0 Å². The summed E-state index contributed by atoms with van der Waals surface area (Å²) in [4.78, 5) is 22.6. The number of esters is 1. The molecule has 0 aliphatic rings. The number of hydrogen-bond acceptors (Lipinski definition) is 8. The number of aliphatic hydroxyl groups excluding tert-OH is 4. The van der Waals surface area contributed by atoms with E-state index in [4.69, 9.17) is 5.73 Å². The van der Waals surface area contributed by atoms with Gasteiger partial charge >= 0.3 is 5.97 Å². The van der Waals surface area contributed by atoms with Gasteiger partial charge in [0.1, 0.15) is 12.2 Å². The van der Waals surface area contributed by atoms with E-state index in [0.29, 0.717) is 19.5 Å². The fraction of sp³-hybridized carbons (Fsp3) is 0.846. The van der Waals surface area contributed by atoms with Gasteiger partial charge in [-0.15, -0.1) is 0 Å². The van der Waals surface area contributed by atoms with Crippen LogP contribution in [-0.2, 0) is 14.3 Å². The number of carbonyl (C=O) groups is 2. The van der Waals surface area contributed by atoms with Gasteiger partial charge in [-0.2, -0.15) is 0 Å². The van der Waals surface area contributed by atoms with E-state index in [1.54, 1.807) is 0 Å². The third-order valence-corrected chi connectivity index (χ3v) is 3.14. The van der Waals surface area contributed by atoms with Crippen LogP contribution in [0.1, 0.15) is 25.7 Å². The van der Waals surface area contributed by atoms with Crippen molar-refractivity contribution in [2.24, 2.45) is 5.73 Å². The predicted octanol–water partition coefficient (Wildman–Crippen LogP) is -2.76. The highest BCUT2D eigenvalue weighted by molar-refractivity contribution is 5.81. The van der Waals surface area contributed by atoms with E-state index in [1.165, 1.54) is 0 Å². The fourth-order valence-electron chi connectivity index (χ4n) is 1.73. The summed E-state index contributed by atoms with van der Waals surface area (Å²) in [6, 6.07) is 0. The highest BCUT2D eigenvalue weighted by Gasteiger charge is 2.37. The lowest BCUT2D eigenvalue weighted by atomic mass is 10.0. The minimum atomic E-state index is -2.06. The van der Waals surface area contributed by atoms with Gasteiger partial charge in [-0.1, -0.05) is 12.8 Å². The molecule has 0 aliphatic heterocycles. The summed E-state index contributed by atoms with van der Waals surface area (Å²) >= 11 is 0. The maximum absolute atomic E-state index is 11.6.